The molecule has 2 aromatic carbocycles. The van der Waals surface area contributed by atoms with E-state index in [1.165, 1.54) is 5.56 Å². The number of aryl methyl sites for hydroxylation is 1. The summed E-state index contributed by atoms with van der Waals surface area (Å²) in [5.41, 5.74) is 8.48. The molecule has 4 heteroatoms. The SMILES string of the molecule is NC1c2ccccc2CCCC1S(=O)(=O)c1ccccc1. The van der Waals surface area contributed by atoms with Crippen molar-refractivity contribution in [1.29, 1.82) is 0 Å². The Morgan fingerprint density at radius 1 is 0.952 bits per heavy atom. The fraction of sp³-hybridized carbons (Fsp3) is 0.294. The highest BCUT2D eigenvalue weighted by Gasteiger charge is 2.35. The smallest absolute Gasteiger partial charge is 0.183 e. The van der Waals surface area contributed by atoms with E-state index in [1.54, 1.807) is 24.3 Å². The molecule has 21 heavy (non-hydrogen) atoms. The first-order chi connectivity index (χ1) is 10.1. The fourth-order valence-corrected chi connectivity index (χ4v) is 4.99. The van der Waals surface area contributed by atoms with Gasteiger partial charge in [-0.15, -0.1) is 0 Å². The van der Waals surface area contributed by atoms with E-state index in [4.69, 9.17) is 5.73 Å². The van der Waals surface area contributed by atoms with Crippen molar-refractivity contribution in [2.75, 3.05) is 0 Å². The van der Waals surface area contributed by atoms with Gasteiger partial charge in [0.05, 0.1) is 10.1 Å². The molecular weight excluding hydrogens is 282 g/mol. The van der Waals surface area contributed by atoms with Gasteiger partial charge in [-0.05, 0) is 42.5 Å². The van der Waals surface area contributed by atoms with Crippen LogP contribution in [0.1, 0.15) is 30.0 Å². The molecule has 2 N–H and O–H groups in total. The molecule has 0 saturated heterocycles. The molecule has 2 unspecified atom stereocenters. The molecular formula is C17H19NO2S. The summed E-state index contributed by atoms with van der Waals surface area (Å²) in [6.45, 7) is 0. The van der Waals surface area contributed by atoms with Crippen LogP contribution in [-0.4, -0.2) is 13.7 Å². The predicted octanol–water partition coefficient (Wildman–Crippen LogP) is 2.87. The molecule has 0 fully saturated rings. The van der Waals surface area contributed by atoms with Gasteiger partial charge in [-0.2, -0.15) is 0 Å². The highest BCUT2D eigenvalue weighted by Crippen LogP contribution is 2.33. The van der Waals surface area contributed by atoms with Crippen LogP contribution in [0.2, 0.25) is 0 Å². The lowest BCUT2D eigenvalue weighted by molar-refractivity contribution is 0.540. The van der Waals surface area contributed by atoms with Crippen molar-refractivity contribution in [2.24, 2.45) is 5.73 Å². The minimum Gasteiger partial charge on any atom is -0.323 e. The Morgan fingerprint density at radius 2 is 1.62 bits per heavy atom. The maximum absolute atomic E-state index is 12.9. The van der Waals surface area contributed by atoms with Gasteiger partial charge in [0.25, 0.3) is 0 Å². The monoisotopic (exact) mass is 301 g/mol. The molecule has 0 saturated carbocycles. The number of rotatable bonds is 2. The lowest BCUT2D eigenvalue weighted by atomic mass is 10.00. The van der Waals surface area contributed by atoms with Crippen LogP contribution >= 0.6 is 0 Å². The molecule has 0 aromatic heterocycles. The summed E-state index contributed by atoms with van der Waals surface area (Å²) < 4.78 is 25.8. The van der Waals surface area contributed by atoms with Crippen LogP contribution in [0.25, 0.3) is 0 Å². The first-order valence-corrected chi connectivity index (χ1v) is 8.77. The average Bonchev–Trinajstić information content (AvgIpc) is 2.68. The van der Waals surface area contributed by atoms with Gasteiger partial charge in [0.15, 0.2) is 9.84 Å². The van der Waals surface area contributed by atoms with Crippen molar-refractivity contribution in [2.45, 2.75) is 35.4 Å². The van der Waals surface area contributed by atoms with E-state index in [2.05, 4.69) is 0 Å². The Bertz CT molecular complexity index is 725. The summed E-state index contributed by atoms with van der Waals surface area (Å²) in [5, 5.41) is -0.552. The molecule has 0 bridgehead atoms. The van der Waals surface area contributed by atoms with Crippen LogP contribution in [0.4, 0.5) is 0 Å². The molecule has 3 rings (SSSR count). The normalized spacial score (nSPS) is 22.3. The molecule has 110 valence electrons. The van der Waals surface area contributed by atoms with E-state index < -0.39 is 21.1 Å². The van der Waals surface area contributed by atoms with Crippen LogP contribution in [-0.2, 0) is 16.3 Å². The summed E-state index contributed by atoms with van der Waals surface area (Å²) in [4.78, 5) is 0.366. The van der Waals surface area contributed by atoms with E-state index in [-0.39, 0.29) is 0 Å². The fourth-order valence-electron chi connectivity index (χ4n) is 3.09. The summed E-state index contributed by atoms with van der Waals surface area (Å²) in [6.07, 6.45) is 2.35. The zero-order valence-electron chi connectivity index (χ0n) is 11.8. The molecule has 2 atom stereocenters. The number of nitrogens with two attached hydrogens (primary N) is 1. The lowest BCUT2D eigenvalue weighted by Crippen LogP contribution is -2.33. The van der Waals surface area contributed by atoms with Crippen molar-refractivity contribution >= 4 is 9.84 Å². The van der Waals surface area contributed by atoms with Crippen LogP contribution in [0.3, 0.4) is 0 Å². The van der Waals surface area contributed by atoms with E-state index >= 15 is 0 Å². The molecule has 0 spiro atoms. The first kappa shape index (κ1) is 14.3. The largest absolute Gasteiger partial charge is 0.323 e. The van der Waals surface area contributed by atoms with Crippen molar-refractivity contribution in [1.82, 2.24) is 0 Å². The molecule has 1 aliphatic rings. The molecule has 1 aliphatic carbocycles. The van der Waals surface area contributed by atoms with Crippen LogP contribution in [0.5, 0.6) is 0 Å². The summed E-state index contributed by atoms with van der Waals surface area (Å²) in [5.74, 6) is 0. The Kier molecular flexibility index (Phi) is 3.83. The minimum absolute atomic E-state index is 0.366. The Balaban J connectivity index is 2.03. The van der Waals surface area contributed by atoms with E-state index in [0.717, 1.165) is 18.4 Å². The Labute approximate surface area is 125 Å². The summed E-state index contributed by atoms with van der Waals surface area (Å²) in [7, 11) is -3.40. The predicted molar refractivity (Wildman–Crippen MR) is 83.7 cm³/mol. The maximum atomic E-state index is 12.9. The average molecular weight is 301 g/mol. The summed E-state index contributed by atoms with van der Waals surface area (Å²) in [6, 6.07) is 16.1. The second-order valence-corrected chi connectivity index (χ2v) is 7.68. The van der Waals surface area contributed by atoms with Crippen molar-refractivity contribution < 1.29 is 8.42 Å². The summed E-state index contributed by atoms with van der Waals surface area (Å²) >= 11 is 0. The first-order valence-electron chi connectivity index (χ1n) is 7.23. The molecule has 3 nitrogen and oxygen atoms in total. The molecule has 0 amide bonds. The van der Waals surface area contributed by atoms with Gasteiger partial charge in [-0.1, -0.05) is 42.5 Å². The lowest BCUT2D eigenvalue weighted by Gasteiger charge is -2.23. The van der Waals surface area contributed by atoms with Crippen molar-refractivity contribution in [3.63, 3.8) is 0 Å². The second-order valence-electron chi connectivity index (χ2n) is 5.51. The van der Waals surface area contributed by atoms with Crippen LogP contribution in [0.15, 0.2) is 59.5 Å². The highest BCUT2D eigenvalue weighted by molar-refractivity contribution is 7.92. The van der Waals surface area contributed by atoms with Gasteiger partial charge in [0.2, 0.25) is 0 Å². The van der Waals surface area contributed by atoms with Gasteiger partial charge >= 0.3 is 0 Å². The number of hydrogen-bond donors (Lipinski definition) is 1. The third-order valence-corrected chi connectivity index (χ3v) is 6.48. The molecule has 0 heterocycles. The van der Waals surface area contributed by atoms with Gasteiger partial charge in [-0.25, -0.2) is 8.42 Å². The van der Waals surface area contributed by atoms with Crippen LogP contribution in [0, 0.1) is 0 Å². The molecule has 0 aliphatic heterocycles. The van der Waals surface area contributed by atoms with E-state index in [9.17, 15) is 8.42 Å². The Morgan fingerprint density at radius 3 is 2.38 bits per heavy atom. The van der Waals surface area contributed by atoms with Crippen molar-refractivity contribution in [3.8, 4) is 0 Å². The molecule has 0 radical (unpaired) electrons. The number of hydrogen-bond acceptors (Lipinski definition) is 3. The quantitative estimate of drug-likeness (QED) is 0.868. The zero-order valence-corrected chi connectivity index (χ0v) is 12.6. The van der Waals surface area contributed by atoms with E-state index in [1.807, 2.05) is 30.3 Å². The maximum Gasteiger partial charge on any atom is 0.183 e. The standard InChI is InChI=1S/C17H19NO2S/c18-17-15-11-5-4-7-13(15)8-6-12-16(17)21(19,20)14-9-2-1-3-10-14/h1-5,7,9-11,16-17H,6,8,12,18H2. The zero-order chi connectivity index (χ0) is 14.9. The second kappa shape index (κ2) is 5.62. The number of fused-ring (bicyclic) bond motifs is 1. The highest BCUT2D eigenvalue weighted by atomic mass is 32.2. The van der Waals surface area contributed by atoms with Crippen molar-refractivity contribution in [3.05, 3.63) is 65.7 Å². The topological polar surface area (TPSA) is 60.2 Å². The van der Waals surface area contributed by atoms with Gasteiger partial charge < -0.3 is 5.73 Å². The molecule has 2 aromatic rings. The number of sulfone groups is 1. The third-order valence-electron chi connectivity index (χ3n) is 4.22. The Hall–Kier alpha value is -1.65. The van der Waals surface area contributed by atoms with Gasteiger partial charge in [0.1, 0.15) is 0 Å². The van der Waals surface area contributed by atoms with Crippen LogP contribution < -0.4 is 5.73 Å². The van der Waals surface area contributed by atoms with Gasteiger partial charge in [0, 0.05) is 6.04 Å². The number of benzene rings is 2. The van der Waals surface area contributed by atoms with E-state index in [0.29, 0.717) is 11.3 Å². The minimum atomic E-state index is -3.40. The third kappa shape index (κ3) is 2.61. The van der Waals surface area contributed by atoms with Gasteiger partial charge in [-0.3, -0.25) is 0 Å².